The van der Waals surface area contributed by atoms with Gasteiger partial charge in [-0.1, -0.05) is 38.1 Å². The van der Waals surface area contributed by atoms with Crippen molar-refractivity contribution in [2.75, 3.05) is 5.32 Å². The number of aliphatic imine (C=N–C) groups is 1. The summed E-state index contributed by atoms with van der Waals surface area (Å²) in [7, 11) is 0. The number of para-hydroxylation sites is 1. The van der Waals surface area contributed by atoms with Crippen molar-refractivity contribution in [1.29, 1.82) is 0 Å². The van der Waals surface area contributed by atoms with E-state index >= 15 is 0 Å². The molecule has 1 aromatic rings. The molecule has 0 spiro atoms. The zero-order chi connectivity index (χ0) is 11.4. The van der Waals surface area contributed by atoms with E-state index in [1.165, 1.54) is 0 Å². The zero-order valence-corrected chi connectivity index (χ0v) is 9.85. The van der Waals surface area contributed by atoms with Crippen LogP contribution in [0, 0.1) is 11.8 Å². The van der Waals surface area contributed by atoms with Crippen molar-refractivity contribution in [3.63, 3.8) is 0 Å². The van der Waals surface area contributed by atoms with Crippen LogP contribution >= 0.6 is 0 Å². The zero-order valence-electron chi connectivity index (χ0n) is 9.85. The predicted octanol–water partition coefficient (Wildman–Crippen LogP) is 3.69. The fourth-order valence-corrected chi connectivity index (χ4v) is 1.93. The Hall–Kier alpha value is -1.57. The lowest BCUT2D eigenvalue weighted by molar-refractivity contribution is 0.494. The van der Waals surface area contributed by atoms with Gasteiger partial charge in [0, 0.05) is 17.8 Å². The average Bonchev–Trinajstić information content (AvgIpc) is 2.31. The van der Waals surface area contributed by atoms with E-state index in [-0.39, 0.29) is 0 Å². The molecule has 0 aromatic heterocycles. The predicted molar refractivity (Wildman–Crippen MR) is 69.6 cm³/mol. The van der Waals surface area contributed by atoms with E-state index < -0.39 is 0 Å². The average molecular weight is 214 g/mol. The smallest absolute Gasteiger partial charge is 0.110 e. The summed E-state index contributed by atoms with van der Waals surface area (Å²) in [6.07, 6.45) is 5.11. The van der Waals surface area contributed by atoms with Crippen LogP contribution in [0.3, 0.4) is 0 Å². The van der Waals surface area contributed by atoms with Gasteiger partial charge in [0.25, 0.3) is 0 Å². The van der Waals surface area contributed by atoms with Gasteiger partial charge in [0.05, 0.1) is 0 Å². The first-order valence-electron chi connectivity index (χ1n) is 5.82. The quantitative estimate of drug-likeness (QED) is 0.797. The van der Waals surface area contributed by atoms with Crippen molar-refractivity contribution < 1.29 is 0 Å². The number of anilines is 1. The van der Waals surface area contributed by atoms with Gasteiger partial charge in [-0.2, -0.15) is 0 Å². The number of hydrogen-bond donors (Lipinski definition) is 1. The fraction of sp³-hybridized carbons (Fsp3) is 0.357. The Morgan fingerprint density at radius 1 is 1.25 bits per heavy atom. The van der Waals surface area contributed by atoms with E-state index in [9.17, 15) is 0 Å². The second-order valence-electron chi connectivity index (χ2n) is 4.48. The van der Waals surface area contributed by atoms with E-state index in [0.717, 1.165) is 17.9 Å². The topological polar surface area (TPSA) is 24.4 Å². The highest BCUT2D eigenvalue weighted by Gasteiger charge is 2.20. The summed E-state index contributed by atoms with van der Waals surface area (Å²) in [5.41, 5.74) is 1.11. The van der Waals surface area contributed by atoms with Gasteiger partial charge in [-0.15, -0.1) is 0 Å². The minimum Gasteiger partial charge on any atom is -0.344 e. The molecule has 2 rings (SSSR count). The number of nitrogens with zero attached hydrogens (tertiary/aromatic N) is 1. The minimum atomic E-state index is 0.505. The Bertz CT molecular complexity index is 390. The van der Waals surface area contributed by atoms with E-state index in [2.05, 4.69) is 42.4 Å². The highest BCUT2D eigenvalue weighted by Crippen LogP contribution is 2.22. The number of nitrogens with one attached hydrogen (secondary N) is 1. The third-order valence-corrected chi connectivity index (χ3v) is 2.91. The van der Waals surface area contributed by atoms with Gasteiger partial charge in [-0.05, 0) is 24.5 Å². The van der Waals surface area contributed by atoms with Gasteiger partial charge in [-0.3, -0.25) is 0 Å². The Kier molecular flexibility index (Phi) is 3.40. The number of amidine groups is 1. The van der Waals surface area contributed by atoms with Crippen LogP contribution in [0.1, 0.15) is 20.3 Å². The summed E-state index contributed by atoms with van der Waals surface area (Å²) in [5.74, 6) is 2.20. The molecule has 1 atom stereocenters. The van der Waals surface area contributed by atoms with Crippen molar-refractivity contribution in [3.05, 3.63) is 42.6 Å². The molecule has 0 saturated carbocycles. The second-order valence-corrected chi connectivity index (χ2v) is 4.48. The lowest BCUT2D eigenvalue weighted by Gasteiger charge is -2.24. The molecule has 16 heavy (non-hydrogen) atoms. The number of allylic oxidation sites excluding steroid dienone is 1. The molecule has 0 fully saturated rings. The second kappa shape index (κ2) is 4.97. The van der Waals surface area contributed by atoms with Gasteiger partial charge in [-0.25, -0.2) is 4.99 Å². The highest BCUT2D eigenvalue weighted by molar-refractivity contribution is 5.98. The van der Waals surface area contributed by atoms with E-state index in [4.69, 9.17) is 0 Å². The first-order chi connectivity index (χ1) is 7.77. The van der Waals surface area contributed by atoms with Crippen LogP contribution in [0.25, 0.3) is 0 Å². The first kappa shape index (κ1) is 10.9. The van der Waals surface area contributed by atoms with Gasteiger partial charge in [0.15, 0.2) is 0 Å². The van der Waals surface area contributed by atoms with Crippen molar-refractivity contribution in [2.45, 2.75) is 20.3 Å². The third-order valence-electron chi connectivity index (χ3n) is 2.91. The van der Waals surface area contributed by atoms with Gasteiger partial charge >= 0.3 is 0 Å². The SMILES string of the molecule is CC(C)C1CC=CN=C1Nc1ccccc1. The highest BCUT2D eigenvalue weighted by atomic mass is 15.0. The monoisotopic (exact) mass is 214 g/mol. The number of rotatable bonds is 2. The van der Waals surface area contributed by atoms with Crippen molar-refractivity contribution in [2.24, 2.45) is 16.8 Å². The van der Waals surface area contributed by atoms with Crippen LogP contribution in [-0.2, 0) is 0 Å². The molecule has 0 bridgehead atoms. The van der Waals surface area contributed by atoms with Crippen molar-refractivity contribution >= 4 is 11.5 Å². The van der Waals surface area contributed by atoms with E-state index in [1.807, 2.05) is 24.4 Å². The summed E-state index contributed by atoms with van der Waals surface area (Å²) in [4.78, 5) is 4.45. The maximum absolute atomic E-state index is 4.45. The van der Waals surface area contributed by atoms with Crippen LogP contribution in [0.2, 0.25) is 0 Å². The Morgan fingerprint density at radius 3 is 2.69 bits per heavy atom. The maximum Gasteiger partial charge on any atom is 0.110 e. The molecule has 0 radical (unpaired) electrons. The van der Waals surface area contributed by atoms with E-state index in [1.54, 1.807) is 0 Å². The number of benzene rings is 1. The molecule has 0 saturated heterocycles. The first-order valence-corrected chi connectivity index (χ1v) is 5.82. The lowest BCUT2D eigenvalue weighted by atomic mass is 9.90. The standard InChI is InChI=1S/C14H18N2/c1-11(2)13-9-6-10-15-14(13)16-12-7-4-3-5-8-12/h3-8,10-11,13H,9H2,1-2H3,(H,15,16). The molecule has 2 heteroatoms. The lowest BCUT2D eigenvalue weighted by Crippen LogP contribution is -2.28. The Labute approximate surface area is 97.1 Å². The molecule has 84 valence electrons. The molecule has 1 heterocycles. The van der Waals surface area contributed by atoms with Crippen LogP contribution < -0.4 is 5.32 Å². The molecule has 1 aromatic carbocycles. The summed E-state index contributed by atoms with van der Waals surface area (Å²) in [6, 6.07) is 10.2. The van der Waals surface area contributed by atoms with Crippen LogP contribution in [0.5, 0.6) is 0 Å². The molecular formula is C14H18N2. The van der Waals surface area contributed by atoms with E-state index in [0.29, 0.717) is 11.8 Å². The summed E-state index contributed by atoms with van der Waals surface area (Å²) in [5, 5.41) is 3.41. The maximum atomic E-state index is 4.45. The van der Waals surface area contributed by atoms with Crippen molar-refractivity contribution in [1.82, 2.24) is 0 Å². The molecule has 1 aliphatic heterocycles. The Morgan fingerprint density at radius 2 is 2.00 bits per heavy atom. The molecule has 0 amide bonds. The minimum absolute atomic E-state index is 0.505. The van der Waals surface area contributed by atoms with Crippen molar-refractivity contribution in [3.8, 4) is 0 Å². The normalized spacial score (nSPS) is 19.7. The molecule has 2 nitrogen and oxygen atoms in total. The van der Waals surface area contributed by atoms with Gasteiger partial charge in [0.2, 0.25) is 0 Å². The molecule has 0 aliphatic carbocycles. The number of hydrogen-bond acceptors (Lipinski definition) is 2. The molecular weight excluding hydrogens is 196 g/mol. The van der Waals surface area contributed by atoms with Crippen LogP contribution in [0.15, 0.2) is 47.6 Å². The molecule has 1 aliphatic rings. The summed E-state index contributed by atoms with van der Waals surface area (Å²) < 4.78 is 0. The molecule has 1 unspecified atom stereocenters. The van der Waals surface area contributed by atoms with Crippen LogP contribution in [-0.4, -0.2) is 5.84 Å². The van der Waals surface area contributed by atoms with Crippen LogP contribution in [0.4, 0.5) is 5.69 Å². The fourth-order valence-electron chi connectivity index (χ4n) is 1.93. The van der Waals surface area contributed by atoms with Gasteiger partial charge in [0.1, 0.15) is 5.84 Å². The summed E-state index contributed by atoms with van der Waals surface area (Å²) >= 11 is 0. The summed E-state index contributed by atoms with van der Waals surface area (Å²) in [6.45, 7) is 4.48. The Balaban J connectivity index is 2.13. The third kappa shape index (κ3) is 2.51. The molecule has 1 N–H and O–H groups in total. The van der Waals surface area contributed by atoms with Gasteiger partial charge < -0.3 is 5.32 Å². The largest absolute Gasteiger partial charge is 0.344 e.